The fraction of sp³-hybridized carbons (Fsp3) is 0.0625. The van der Waals surface area contributed by atoms with Crippen LogP contribution < -0.4 is 10.1 Å². The van der Waals surface area contributed by atoms with E-state index in [1.807, 2.05) is 0 Å². The van der Waals surface area contributed by atoms with E-state index in [2.05, 4.69) is 5.32 Å². The third-order valence-corrected chi connectivity index (χ3v) is 2.79. The maximum Gasteiger partial charge on any atom is 0.248 e. The number of hydrogen-bond donors (Lipinski definition) is 3. The third-order valence-electron chi connectivity index (χ3n) is 2.79. The monoisotopic (exact) mass is 285 g/mol. The molecule has 5 nitrogen and oxygen atoms in total. The Bertz CT molecular complexity index is 680. The SMILES string of the molecule is COc1cc(/C=C/C(=O)Nc2ccccc2O)ccc1O. The molecular formula is C16H15NO4. The molecule has 0 aliphatic carbocycles. The molecular weight excluding hydrogens is 270 g/mol. The van der Waals surface area contributed by atoms with Crippen LogP contribution in [-0.2, 0) is 4.79 Å². The predicted octanol–water partition coefficient (Wildman–Crippen LogP) is 2.76. The number of ether oxygens (including phenoxy) is 1. The Morgan fingerprint density at radius 2 is 1.90 bits per heavy atom. The lowest BCUT2D eigenvalue weighted by Crippen LogP contribution is -2.07. The number of benzene rings is 2. The average molecular weight is 285 g/mol. The molecule has 3 N–H and O–H groups in total. The Balaban J connectivity index is 2.07. The molecule has 108 valence electrons. The summed E-state index contributed by atoms with van der Waals surface area (Å²) in [6.45, 7) is 0. The normalized spacial score (nSPS) is 10.5. The molecule has 0 bridgehead atoms. The second kappa shape index (κ2) is 6.47. The van der Waals surface area contributed by atoms with Gasteiger partial charge >= 0.3 is 0 Å². The first-order valence-corrected chi connectivity index (χ1v) is 6.24. The number of methoxy groups -OCH3 is 1. The number of phenolic OH excluding ortho intramolecular Hbond substituents is 2. The van der Waals surface area contributed by atoms with Crippen LogP contribution in [0.1, 0.15) is 5.56 Å². The molecule has 5 heteroatoms. The number of nitrogens with one attached hydrogen (secondary N) is 1. The molecule has 2 rings (SSSR count). The minimum Gasteiger partial charge on any atom is -0.506 e. The van der Waals surface area contributed by atoms with Gasteiger partial charge in [0.05, 0.1) is 12.8 Å². The van der Waals surface area contributed by atoms with Gasteiger partial charge in [-0.15, -0.1) is 0 Å². The van der Waals surface area contributed by atoms with E-state index in [4.69, 9.17) is 4.74 Å². The van der Waals surface area contributed by atoms with Gasteiger partial charge < -0.3 is 20.3 Å². The van der Waals surface area contributed by atoms with Crippen LogP contribution in [0.25, 0.3) is 6.08 Å². The minimum atomic E-state index is -0.372. The summed E-state index contributed by atoms with van der Waals surface area (Å²) in [5.74, 6) is 0.000617. The lowest BCUT2D eigenvalue weighted by molar-refractivity contribution is -0.111. The Morgan fingerprint density at radius 3 is 2.62 bits per heavy atom. The molecule has 0 radical (unpaired) electrons. The maximum atomic E-state index is 11.8. The highest BCUT2D eigenvalue weighted by atomic mass is 16.5. The van der Waals surface area contributed by atoms with Gasteiger partial charge in [-0.25, -0.2) is 0 Å². The number of phenols is 2. The lowest BCUT2D eigenvalue weighted by Gasteiger charge is -2.05. The fourth-order valence-electron chi connectivity index (χ4n) is 1.72. The van der Waals surface area contributed by atoms with Crippen LogP contribution in [0, 0.1) is 0 Å². The molecule has 0 unspecified atom stereocenters. The summed E-state index contributed by atoms with van der Waals surface area (Å²) in [6, 6.07) is 11.2. The van der Waals surface area contributed by atoms with Gasteiger partial charge in [-0.3, -0.25) is 4.79 Å². The summed E-state index contributed by atoms with van der Waals surface area (Å²) >= 11 is 0. The van der Waals surface area contributed by atoms with Crippen molar-refractivity contribution in [2.75, 3.05) is 12.4 Å². The number of anilines is 1. The second-order valence-electron chi connectivity index (χ2n) is 4.27. The van der Waals surface area contributed by atoms with E-state index < -0.39 is 0 Å². The Kier molecular flexibility index (Phi) is 4.46. The van der Waals surface area contributed by atoms with Crippen LogP contribution in [0.3, 0.4) is 0 Å². The lowest BCUT2D eigenvalue weighted by atomic mass is 10.2. The number of carbonyl (C=O) groups is 1. The van der Waals surface area contributed by atoms with Crippen molar-refractivity contribution in [1.82, 2.24) is 0 Å². The zero-order valence-corrected chi connectivity index (χ0v) is 11.4. The van der Waals surface area contributed by atoms with Crippen LogP contribution in [0.15, 0.2) is 48.5 Å². The summed E-state index contributed by atoms with van der Waals surface area (Å²) in [7, 11) is 1.45. The van der Waals surface area contributed by atoms with Gasteiger partial charge in [0, 0.05) is 6.08 Å². The van der Waals surface area contributed by atoms with Crippen molar-refractivity contribution in [3.63, 3.8) is 0 Å². The number of aromatic hydroxyl groups is 2. The smallest absolute Gasteiger partial charge is 0.248 e. The first-order chi connectivity index (χ1) is 10.1. The Morgan fingerprint density at radius 1 is 1.14 bits per heavy atom. The summed E-state index contributed by atoms with van der Waals surface area (Å²) < 4.78 is 4.99. The van der Waals surface area contributed by atoms with Gasteiger partial charge in [0.25, 0.3) is 0 Å². The van der Waals surface area contributed by atoms with Crippen LogP contribution >= 0.6 is 0 Å². The summed E-state index contributed by atoms with van der Waals surface area (Å²) in [6.07, 6.45) is 2.91. The van der Waals surface area contributed by atoms with E-state index in [0.29, 0.717) is 17.0 Å². The van der Waals surface area contributed by atoms with E-state index in [-0.39, 0.29) is 17.4 Å². The van der Waals surface area contributed by atoms with Crippen molar-refractivity contribution >= 4 is 17.7 Å². The zero-order chi connectivity index (χ0) is 15.2. The predicted molar refractivity (Wildman–Crippen MR) is 80.4 cm³/mol. The van der Waals surface area contributed by atoms with Gasteiger partial charge in [-0.05, 0) is 35.9 Å². The fourth-order valence-corrected chi connectivity index (χ4v) is 1.72. The van der Waals surface area contributed by atoms with Crippen molar-refractivity contribution in [2.45, 2.75) is 0 Å². The molecule has 21 heavy (non-hydrogen) atoms. The van der Waals surface area contributed by atoms with Gasteiger partial charge in [0.15, 0.2) is 11.5 Å². The van der Waals surface area contributed by atoms with Crippen LogP contribution in [0.5, 0.6) is 17.2 Å². The number of rotatable bonds is 4. The zero-order valence-electron chi connectivity index (χ0n) is 11.4. The van der Waals surface area contributed by atoms with E-state index in [9.17, 15) is 15.0 Å². The van der Waals surface area contributed by atoms with E-state index in [0.717, 1.165) is 0 Å². The minimum absolute atomic E-state index is 0.00514. The largest absolute Gasteiger partial charge is 0.506 e. The van der Waals surface area contributed by atoms with E-state index in [1.54, 1.807) is 36.4 Å². The van der Waals surface area contributed by atoms with Crippen molar-refractivity contribution in [2.24, 2.45) is 0 Å². The quantitative estimate of drug-likeness (QED) is 0.596. The highest BCUT2D eigenvalue weighted by Gasteiger charge is 2.03. The summed E-state index contributed by atoms with van der Waals surface area (Å²) in [5.41, 5.74) is 1.05. The highest BCUT2D eigenvalue weighted by molar-refractivity contribution is 6.02. The maximum absolute atomic E-state index is 11.8. The van der Waals surface area contributed by atoms with Crippen LogP contribution in [0.4, 0.5) is 5.69 Å². The molecule has 0 atom stereocenters. The van der Waals surface area contributed by atoms with Crippen molar-refractivity contribution in [3.8, 4) is 17.2 Å². The summed E-state index contributed by atoms with van der Waals surface area (Å²) in [5, 5.41) is 21.6. The van der Waals surface area contributed by atoms with E-state index >= 15 is 0 Å². The van der Waals surface area contributed by atoms with Crippen LogP contribution in [-0.4, -0.2) is 23.2 Å². The molecule has 1 amide bonds. The average Bonchev–Trinajstić information content (AvgIpc) is 2.49. The van der Waals surface area contributed by atoms with Gasteiger partial charge in [0.2, 0.25) is 5.91 Å². The van der Waals surface area contributed by atoms with Crippen molar-refractivity contribution in [1.29, 1.82) is 0 Å². The van der Waals surface area contributed by atoms with Crippen molar-refractivity contribution < 1.29 is 19.7 Å². The molecule has 0 heterocycles. The molecule has 0 aliphatic heterocycles. The first kappa shape index (κ1) is 14.5. The Hall–Kier alpha value is -2.95. The number of carbonyl (C=O) groups excluding carboxylic acids is 1. The van der Waals surface area contributed by atoms with Gasteiger partial charge in [0.1, 0.15) is 5.75 Å². The molecule has 0 saturated heterocycles. The number of para-hydroxylation sites is 2. The summed E-state index contributed by atoms with van der Waals surface area (Å²) in [4.78, 5) is 11.8. The molecule has 2 aromatic rings. The molecule has 0 spiro atoms. The molecule has 0 saturated carbocycles. The van der Waals surface area contributed by atoms with Crippen molar-refractivity contribution in [3.05, 3.63) is 54.1 Å². The molecule has 0 aliphatic rings. The van der Waals surface area contributed by atoms with Crippen LogP contribution in [0.2, 0.25) is 0 Å². The third kappa shape index (κ3) is 3.76. The number of hydrogen-bond acceptors (Lipinski definition) is 4. The highest BCUT2D eigenvalue weighted by Crippen LogP contribution is 2.26. The molecule has 0 fully saturated rings. The molecule has 0 aromatic heterocycles. The van der Waals surface area contributed by atoms with Gasteiger partial charge in [-0.1, -0.05) is 18.2 Å². The topological polar surface area (TPSA) is 78.8 Å². The van der Waals surface area contributed by atoms with E-state index in [1.165, 1.54) is 25.3 Å². The second-order valence-corrected chi connectivity index (χ2v) is 4.27. The first-order valence-electron chi connectivity index (χ1n) is 6.24. The van der Waals surface area contributed by atoms with Gasteiger partial charge in [-0.2, -0.15) is 0 Å². The number of amides is 1. The molecule has 2 aromatic carbocycles. The standard InChI is InChI=1S/C16H15NO4/c1-21-15-10-11(6-8-14(15)19)7-9-16(20)17-12-4-2-3-5-13(12)18/h2-10,18-19H,1H3,(H,17,20)/b9-7+. The Labute approximate surface area is 122 Å².